The molecule has 2 aromatic rings. The summed E-state index contributed by atoms with van der Waals surface area (Å²) in [6, 6.07) is 4.26. The maximum absolute atomic E-state index is 5.62. The first-order valence-corrected chi connectivity index (χ1v) is 4.93. The van der Waals surface area contributed by atoms with Crippen LogP contribution in [0.3, 0.4) is 0 Å². The van der Waals surface area contributed by atoms with Crippen LogP contribution >= 0.6 is 9.24 Å². The summed E-state index contributed by atoms with van der Waals surface area (Å²) < 4.78 is 5.62. The van der Waals surface area contributed by atoms with E-state index in [1.54, 1.807) is 0 Å². The number of rotatable bonds is 0. The Morgan fingerprint density at radius 1 is 1.08 bits per heavy atom. The SMILES string of the molecule is Cc1cc2c(P)c(C)cc(C)c2o1. The summed E-state index contributed by atoms with van der Waals surface area (Å²) in [5.74, 6) is 0.979. The molecule has 1 heterocycles. The lowest BCUT2D eigenvalue weighted by Gasteiger charge is -2.02. The van der Waals surface area contributed by atoms with Crippen LogP contribution in [0.15, 0.2) is 16.5 Å². The molecule has 0 bridgehead atoms. The van der Waals surface area contributed by atoms with E-state index >= 15 is 0 Å². The van der Waals surface area contributed by atoms with Crippen molar-refractivity contribution in [1.29, 1.82) is 0 Å². The fourth-order valence-corrected chi connectivity index (χ4v) is 1.99. The Hall–Kier alpha value is -0.810. The average molecular weight is 192 g/mol. The van der Waals surface area contributed by atoms with E-state index in [0.29, 0.717) is 0 Å². The second-order valence-corrected chi connectivity index (χ2v) is 4.10. The van der Waals surface area contributed by atoms with Crippen LogP contribution in [0.4, 0.5) is 0 Å². The topological polar surface area (TPSA) is 13.1 Å². The maximum atomic E-state index is 5.62. The van der Waals surface area contributed by atoms with Crippen molar-refractivity contribution in [2.75, 3.05) is 0 Å². The Morgan fingerprint density at radius 2 is 1.77 bits per heavy atom. The average Bonchev–Trinajstić information content (AvgIpc) is 2.44. The lowest BCUT2D eigenvalue weighted by Crippen LogP contribution is -1.98. The largest absolute Gasteiger partial charge is 0.461 e. The second kappa shape index (κ2) is 2.85. The summed E-state index contributed by atoms with van der Waals surface area (Å²) in [5.41, 5.74) is 3.54. The Kier molecular flexibility index (Phi) is 1.92. The van der Waals surface area contributed by atoms with Gasteiger partial charge in [-0.3, -0.25) is 0 Å². The van der Waals surface area contributed by atoms with E-state index in [2.05, 4.69) is 35.2 Å². The monoisotopic (exact) mass is 192 g/mol. The molecule has 0 spiro atoms. The van der Waals surface area contributed by atoms with Crippen LogP contribution in [-0.4, -0.2) is 0 Å². The molecule has 1 aromatic carbocycles. The van der Waals surface area contributed by atoms with E-state index in [1.807, 2.05) is 6.92 Å². The van der Waals surface area contributed by atoms with Gasteiger partial charge in [-0.05, 0) is 43.3 Å². The predicted molar refractivity (Wildman–Crippen MR) is 59.8 cm³/mol. The lowest BCUT2D eigenvalue weighted by molar-refractivity contribution is 0.576. The highest BCUT2D eigenvalue weighted by Gasteiger charge is 2.08. The number of hydrogen-bond acceptors (Lipinski definition) is 1. The van der Waals surface area contributed by atoms with Gasteiger partial charge in [0.25, 0.3) is 0 Å². The highest BCUT2D eigenvalue weighted by atomic mass is 31.0. The standard InChI is InChI=1S/C11H13OP/c1-6-4-7(2)11(13)9-5-8(3)12-10(6)9/h4-5H,13H2,1-3H3. The fourth-order valence-electron chi connectivity index (χ4n) is 1.69. The van der Waals surface area contributed by atoms with Gasteiger partial charge in [0, 0.05) is 5.39 Å². The molecule has 2 heteroatoms. The van der Waals surface area contributed by atoms with E-state index in [1.165, 1.54) is 21.8 Å². The molecule has 0 aliphatic carbocycles. The van der Waals surface area contributed by atoms with Crippen molar-refractivity contribution >= 4 is 25.5 Å². The van der Waals surface area contributed by atoms with Crippen molar-refractivity contribution in [3.63, 3.8) is 0 Å². The molecule has 1 nitrogen and oxygen atoms in total. The van der Waals surface area contributed by atoms with E-state index in [4.69, 9.17) is 4.42 Å². The van der Waals surface area contributed by atoms with Crippen molar-refractivity contribution < 1.29 is 4.42 Å². The zero-order valence-corrected chi connectivity index (χ0v) is 9.29. The van der Waals surface area contributed by atoms with Gasteiger partial charge in [-0.15, -0.1) is 9.24 Å². The predicted octanol–water partition coefficient (Wildman–Crippen LogP) is 2.86. The third kappa shape index (κ3) is 1.28. The van der Waals surface area contributed by atoms with Crippen molar-refractivity contribution in [3.8, 4) is 0 Å². The molecule has 68 valence electrons. The summed E-state index contributed by atoms with van der Waals surface area (Å²) in [7, 11) is 2.78. The summed E-state index contributed by atoms with van der Waals surface area (Å²) in [6.45, 7) is 6.19. The molecule has 0 radical (unpaired) electrons. The highest BCUT2D eigenvalue weighted by molar-refractivity contribution is 7.28. The van der Waals surface area contributed by atoms with Gasteiger partial charge in [0.2, 0.25) is 0 Å². The molecular weight excluding hydrogens is 179 g/mol. The van der Waals surface area contributed by atoms with E-state index < -0.39 is 0 Å². The number of hydrogen-bond donors (Lipinski definition) is 0. The quantitative estimate of drug-likeness (QED) is 0.585. The summed E-state index contributed by atoms with van der Waals surface area (Å²) in [5, 5.41) is 2.47. The minimum Gasteiger partial charge on any atom is -0.461 e. The molecule has 2 rings (SSSR count). The highest BCUT2D eigenvalue weighted by Crippen LogP contribution is 2.23. The van der Waals surface area contributed by atoms with E-state index in [9.17, 15) is 0 Å². The number of benzene rings is 1. The smallest absolute Gasteiger partial charge is 0.137 e. The molecule has 13 heavy (non-hydrogen) atoms. The third-order valence-electron chi connectivity index (χ3n) is 2.36. The van der Waals surface area contributed by atoms with Crippen molar-refractivity contribution in [2.24, 2.45) is 0 Å². The van der Waals surface area contributed by atoms with Gasteiger partial charge < -0.3 is 4.42 Å². The summed E-state index contributed by atoms with van der Waals surface area (Å²) in [6.07, 6.45) is 0. The lowest BCUT2D eigenvalue weighted by atomic mass is 10.1. The zero-order valence-electron chi connectivity index (χ0n) is 8.14. The summed E-state index contributed by atoms with van der Waals surface area (Å²) in [4.78, 5) is 0. The van der Waals surface area contributed by atoms with Crippen molar-refractivity contribution in [3.05, 3.63) is 29.0 Å². The van der Waals surface area contributed by atoms with Crippen LogP contribution < -0.4 is 5.30 Å². The van der Waals surface area contributed by atoms with Gasteiger partial charge in [0.05, 0.1) is 0 Å². The molecule has 0 fully saturated rings. The zero-order chi connectivity index (χ0) is 9.59. The Bertz CT molecular complexity index is 468. The van der Waals surface area contributed by atoms with Gasteiger partial charge in [0.15, 0.2) is 0 Å². The van der Waals surface area contributed by atoms with Crippen LogP contribution in [0.25, 0.3) is 11.0 Å². The molecule has 1 aromatic heterocycles. The number of aryl methyl sites for hydroxylation is 3. The van der Waals surface area contributed by atoms with Gasteiger partial charge in [-0.2, -0.15) is 0 Å². The number of fused-ring (bicyclic) bond motifs is 1. The number of furan rings is 1. The van der Waals surface area contributed by atoms with Gasteiger partial charge in [-0.1, -0.05) is 6.07 Å². The Labute approximate surface area is 80.3 Å². The van der Waals surface area contributed by atoms with Crippen LogP contribution in [-0.2, 0) is 0 Å². The Morgan fingerprint density at radius 3 is 2.46 bits per heavy atom. The normalized spacial score (nSPS) is 11.1. The van der Waals surface area contributed by atoms with Crippen molar-refractivity contribution in [2.45, 2.75) is 20.8 Å². The molecule has 0 aliphatic heterocycles. The van der Waals surface area contributed by atoms with Gasteiger partial charge >= 0.3 is 0 Å². The van der Waals surface area contributed by atoms with Crippen molar-refractivity contribution in [1.82, 2.24) is 0 Å². The first-order valence-electron chi connectivity index (χ1n) is 4.35. The van der Waals surface area contributed by atoms with Crippen LogP contribution in [0.5, 0.6) is 0 Å². The van der Waals surface area contributed by atoms with E-state index in [0.717, 1.165) is 11.3 Å². The molecule has 0 saturated carbocycles. The van der Waals surface area contributed by atoms with Crippen LogP contribution in [0, 0.1) is 20.8 Å². The molecule has 0 amide bonds. The van der Waals surface area contributed by atoms with E-state index in [-0.39, 0.29) is 0 Å². The minimum atomic E-state index is 0.979. The molecule has 0 N–H and O–H groups in total. The molecule has 1 atom stereocenters. The Balaban J connectivity index is 2.95. The van der Waals surface area contributed by atoms with Gasteiger partial charge in [-0.25, -0.2) is 0 Å². The molecule has 1 unspecified atom stereocenters. The second-order valence-electron chi connectivity index (χ2n) is 3.52. The first kappa shape index (κ1) is 8.77. The third-order valence-corrected chi connectivity index (χ3v) is 3.13. The van der Waals surface area contributed by atoms with Crippen LogP contribution in [0.2, 0.25) is 0 Å². The minimum absolute atomic E-state index is 0.979. The molecule has 0 saturated heterocycles. The molecular formula is C11H13OP. The van der Waals surface area contributed by atoms with Crippen LogP contribution in [0.1, 0.15) is 16.9 Å². The summed E-state index contributed by atoms with van der Waals surface area (Å²) >= 11 is 0. The fraction of sp³-hybridized carbons (Fsp3) is 0.273. The first-order chi connectivity index (χ1) is 6.09. The van der Waals surface area contributed by atoms with Gasteiger partial charge in [0.1, 0.15) is 11.3 Å². The maximum Gasteiger partial charge on any atom is 0.137 e. The molecule has 0 aliphatic rings.